The van der Waals surface area contributed by atoms with Crippen molar-refractivity contribution in [2.24, 2.45) is 0 Å². The summed E-state index contributed by atoms with van der Waals surface area (Å²) >= 11 is 0. The minimum atomic E-state index is -0.295. The number of rotatable bonds is 7. The zero-order valence-electron chi connectivity index (χ0n) is 12.4. The lowest BCUT2D eigenvalue weighted by Crippen LogP contribution is -2.40. The topological polar surface area (TPSA) is 54.7 Å². The quantitative estimate of drug-likeness (QED) is 0.856. The number of amides is 2. The lowest BCUT2D eigenvalue weighted by Gasteiger charge is -2.22. The minimum Gasteiger partial charge on any atom is -0.472 e. The summed E-state index contributed by atoms with van der Waals surface area (Å²) in [7, 11) is 1.59. The fraction of sp³-hybridized carbons (Fsp3) is 0.312. The van der Waals surface area contributed by atoms with Crippen molar-refractivity contribution in [1.82, 2.24) is 10.2 Å². The van der Waals surface area contributed by atoms with Crippen molar-refractivity contribution in [3.8, 4) is 0 Å². The van der Waals surface area contributed by atoms with Crippen molar-refractivity contribution < 1.29 is 18.3 Å². The summed E-state index contributed by atoms with van der Waals surface area (Å²) in [5.74, 6) is -0.295. The Morgan fingerprint density at radius 1 is 1.27 bits per heavy atom. The third-order valence-corrected chi connectivity index (χ3v) is 3.16. The third-order valence-electron chi connectivity index (χ3n) is 3.16. The van der Waals surface area contributed by atoms with Gasteiger partial charge in [0.05, 0.1) is 25.7 Å². The van der Waals surface area contributed by atoms with Crippen molar-refractivity contribution in [1.29, 1.82) is 0 Å². The van der Waals surface area contributed by atoms with E-state index in [0.717, 1.165) is 11.1 Å². The molecule has 0 fully saturated rings. The van der Waals surface area contributed by atoms with Gasteiger partial charge < -0.3 is 19.4 Å². The highest BCUT2D eigenvalue weighted by atomic mass is 19.1. The monoisotopic (exact) mass is 306 g/mol. The standard InChI is InChI=1S/C16H19FN2O3/c1-21-9-7-19(11-14-6-8-22-12-14)16(20)18-10-13-2-4-15(17)5-3-13/h2-6,8,12H,7,9-11H2,1H3,(H,18,20). The average Bonchev–Trinajstić information content (AvgIpc) is 3.03. The highest BCUT2D eigenvalue weighted by Crippen LogP contribution is 2.07. The van der Waals surface area contributed by atoms with Crippen LogP contribution in [0.15, 0.2) is 47.3 Å². The average molecular weight is 306 g/mol. The van der Waals surface area contributed by atoms with E-state index in [2.05, 4.69) is 5.32 Å². The molecule has 0 saturated heterocycles. The van der Waals surface area contributed by atoms with Gasteiger partial charge in [0.15, 0.2) is 0 Å². The van der Waals surface area contributed by atoms with Crippen LogP contribution in [0.4, 0.5) is 9.18 Å². The second-order valence-corrected chi connectivity index (χ2v) is 4.83. The highest BCUT2D eigenvalue weighted by molar-refractivity contribution is 5.74. The lowest BCUT2D eigenvalue weighted by atomic mass is 10.2. The minimum absolute atomic E-state index is 0.206. The van der Waals surface area contributed by atoms with Crippen molar-refractivity contribution in [3.63, 3.8) is 0 Å². The number of hydrogen-bond donors (Lipinski definition) is 1. The van der Waals surface area contributed by atoms with E-state index in [1.807, 2.05) is 6.07 Å². The van der Waals surface area contributed by atoms with Crippen molar-refractivity contribution >= 4 is 6.03 Å². The van der Waals surface area contributed by atoms with Gasteiger partial charge in [-0.15, -0.1) is 0 Å². The Bertz CT molecular complexity index is 570. The van der Waals surface area contributed by atoms with Crippen LogP contribution in [0.25, 0.3) is 0 Å². The van der Waals surface area contributed by atoms with Crippen molar-refractivity contribution in [2.75, 3.05) is 20.3 Å². The van der Waals surface area contributed by atoms with Crippen LogP contribution in [-0.2, 0) is 17.8 Å². The first-order valence-corrected chi connectivity index (χ1v) is 6.96. The third kappa shape index (κ3) is 4.89. The van der Waals surface area contributed by atoms with Gasteiger partial charge in [-0.25, -0.2) is 9.18 Å². The normalized spacial score (nSPS) is 10.5. The molecule has 118 valence electrons. The van der Waals surface area contributed by atoms with E-state index in [1.165, 1.54) is 12.1 Å². The number of hydrogen-bond acceptors (Lipinski definition) is 3. The number of nitrogens with zero attached hydrogens (tertiary/aromatic N) is 1. The van der Waals surface area contributed by atoms with E-state index < -0.39 is 0 Å². The first-order valence-electron chi connectivity index (χ1n) is 6.96. The van der Waals surface area contributed by atoms with Crippen LogP contribution in [0.5, 0.6) is 0 Å². The SMILES string of the molecule is COCCN(Cc1ccoc1)C(=O)NCc1ccc(F)cc1. The van der Waals surface area contributed by atoms with Crippen LogP contribution < -0.4 is 5.32 Å². The van der Waals surface area contributed by atoms with Crippen LogP contribution in [0.3, 0.4) is 0 Å². The largest absolute Gasteiger partial charge is 0.472 e. The first kappa shape index (κ1) is 16.0. The molecule has 0 radical (unpaired) electrons. The Morgan fingerprint density at radius 3 is 2.68 bits per heavy atom. The fourth-order valence-corrected chi connectivity index (χ4v) is 1.95. The molecule has 0 aliphatic carbocycles. The molecule has 0 aliphatic heterocycles. The van der Waals surface area contributed by atoms with Crippen LogP contribution in [0.1, 0.15) is 11.1 Å². The van der Waals surface area contributed by atoms with Gasteiger partial charge in [-0.3, -0.25) is 0 Å². The van der Waals surface area contributed by atoms with Crippen LogP contribution >= 0.6 is 0 Å². The first-order chi connectivity index (χ1) is 10.7. The molecule has 1 aromatic carbocycles. The van der Waals surface area contributed by atoms with E-state index in [9.17, 15) is 9.18 Å². The molecule has 6 heteroatoms. The summed E-state index contributed by atoms with van der Waals surface area (Å²) < 4.78 is 22.9. The molecule has 2 aromatic rings. The van der Waals surface area contributed by atoms with E-state index in [0.29, 0.717) is 26.2 Å². The zero-order valence-corrected chi connectivity index (χ0v) is 12.4. The molecule has 0 aliphatic rings. The number of benzene rings is 1. The summed E-state index contributed by atoms with van der Waals surface area (Å²) in [5.41, 5.74) is 1.75. The Kier molecular flexibility index (Phi) is 5.97. The number of carbonyl (C=O) groups is 1. The molecule has 22 heavy (non-hydrogen) atoms. The van der Waals surface area contributed by atoms with Gasteiger partial charge in [-0.1, -0.05) is 12.1 Å². The van der Waals surface area contributed by atoms with Crippen LogP contribution in [-0.4, -0.2) is 31.2 Å². The molecule has 5 nitrogen and oxygen atoms in total. The summed E-state index contributed by atoms with van der Waals surface area (Å²) in [6.07, 6.45) is 3.17. The van der Waals surface area contributed by atoms with E-state index in [-0.39, 0.29) is 11.8 Å². The summed E-state index contributed by atoms with van der Waals surface area (Å²) in [6.45, 7) is 1.70. The molecular formula is C16H19FN2O3. The Hall–Kier alpha value is -2.34. The molecule has 0 atom stereocenters. The zero-order chi connectivity index (χ0) is 15.8. The maximum atomic E-state index is 12.8. The number of halogens is 1. The molecule has 2 rings (SSSR count). The van der Waals surface area contributed by atoms with Gasteiger partial charge in [-0.05, 0) is 23.8 Å². The summed E-state index contributed by atoms with van der Waals surface area (Å²) in [4.78, 5) is 13.9. The molecular weight excluding hydrogens is 287 g/mol. The van der Waals surface area contributed by atoms with Gasteiger partial charge in [0.25, 0.3) is 0 Å². The molecule has 0 spiro atoms. The van der Waals surface area contributed by atoms with Crippen LogP contribution in [0.2, 0.25) is 0 Å². The van der Waals surface area contributed by atoms with Gasteiger partial charge in [0, 0.05) is 25.8 Å². The van der Waals surface area contributed by atoms with E-state index in [4.69, 9.17) is 9.15 Å². The van der Waals surface area contributed by atoms with Crippen molar-refractivity contribution in [2.45, 2.75) is 13.1 Å². The molecule has 1 N–H and O–H groups in total. The maximum absolute atomic E-state index is 12.8. The van der Waals surface area contributed by atoms with Gasteiger partial charge in [0.1, 0.15) is 5.82 Å². The molecule has 1 aromatic heterocycles. The number of ether oxygens (including phenoxy) is 1. The Morgan fingerprint density at radius 2 is 2.05 bits per heavy atom. The second kappa shape index (κ2) is 8.19. The molecule has 1 heterocycles. The molecule has 0 unspecified atom stereocenters. The summed E-state index contributed by atoms with van der Waals surface area (Å²) in [6, 6.07) is 7.64. The predicted molar refractivity (Wildman–Crippen MR) is 79.6 cm³/mol. The van der Waals surface area contributed by atoms with E-state index >= 15 is 0 Å². The summed E-state index contributed by atoms with van der Waals surface area (Å²) in [5, 5.41) is 2.82. The fourth-order valence-electron chi connectivity index (χ4n) is 1.95. The van der Waals surface area contributed by atoms with Crippen molar-refractivity contribution in [3.05, 3.63) is 59.8 Å². The number of furan rings is 1. The maximum Gasteiger partial charge on any atom is 0.318 e. The number of urea groups is 1. The predicted octanol–water partition coefficient (Wildman–Crippen LogP) is 2.78. The van der Waals surface area contributed by atoms with Gasteiger partial charge >= 0.3 is 6.03 Å². The second-order valence-electron chi connectivity index (χ2n) is 4.83. The smallest absolute Gasteiger partial charge is 0.318 e. The Balaban J connectivity index is 1.91. The molecule has 0 saturated carbocycles. The number of nitrogens with one attached hydrogen (secondary N) is 1. The van der Waals surface area contributed by atoms with Gasteiger partial charge in [0.2, 0.25) is 0 Å². The highest BCUT2D eigenvalue weighted by Gasteiger charge is 2.14. The van der Waals surface area contributed by atoms with Gasteiger partial charge in [-0.2, -0.15) is 0 Å². The molecule has 2 amide bonds. The van der Waals surface area contributed by atoms with E-state index in [1.54, 1.807) is 36.7 Å². The molecule has 0 bridgehead atoms. The lowest BCUT2D eigenvalue weighted by molar-refractivity contribution is 0.146. The van der Waals surface area contributed by atoms with Crippen LogP contribution in [0, 0.1) is 5.82 Å². The number of carbonyl (C=O) groups excluding carboxylic acids is 1. The Labute approximate surface area is 128 Å². The number of methoxy groups -OCH3 is 1.